The molecule has 0 bridgehead atoms. The molecule has 4 atom stereocenters. The van der Waals surface area contributed by atoms with E-state index in [4.69, 9.17) is 9.47 Å². The molecule has 3 rings (SSSR count). The minimum Gasteiger partial charge on any atom is -0.368 e. The van der Waals surface area contributed by atoms with Gasteiger partial charge in [-0.1, -0.05) is 49.4 Å². The molecule has 3 heteroatoms. The highest BCUT2D eigenvalue weighted by Crippen LogP contribution is 2.40. The fourth-order valence-corrected chi connectivity index (χ4v) is 2.98. The number of hydrogen-bond donors (Lipinski definition) is 1. The summed E-state index contributed by atoms with van der Waals surface area (Å²) in [5.41, 5.74) is 0.807. The van der Waals surface area contributed by atoms with Crippen LogP contribution < -0.4 is 0 Å². The summed E-state index contributed by atoms with van der Waals surface area (Å²) in [5, 5.41) is 10.1. The van der Waals surface area contributed by atoms with Gasteiger partial charge in [0, 0.05) is 6.42 Å². The van der Waals surface area contributed by atoms with Crippen LogP contribution in [0.4, 0.5) is 0 Å². The third-order valence-electron chi connectivity index (χ3n) is 4.28. The van der Waals surface area contributed by atoms with Crippen molar-refractivity contribution in [1.82, 2.24) is 0 Å². The van der Waals surface area contributed by atoms with Gasteiger partial charge in [0.15, 0.2) is 6.29 Å². The first-order valence-electron chi connectivity index (χ1n) is 7.38. The van der Waals surface area contributed by atoms with Crippen LogP contribution >= 0.6 is 0 Å². The summed E-state index contributed by atoms with van der Waals surface area (Å²) in [6.45, 7) is 2.72. The van der Waals surface area contributed by atoms with Crippen molar-refractivity contribution in [3.05, 3.63) is 48.0 Å². The van der Waals surface area contributed by atoms with E-state index in [0.717, 1.165) is 24.8 Å². The van der Waals surface area contributed by atoms with Crippen molar-refractivity contribution in [3.63, 3.8) is 0 Å². The zero-order chi connectivity index (χ0) is 14.0. The van der Waals surface area contributed by atoms with Gasteiger partial charge in [0.2, 0.25) is 0 Å². The third kappa shape index (κ3) is 2.95. The first-order chi connectivity index (χ1) is 9.67. The lowest BCUT2D eigenvalue weighted by atomic mass is 9.84. The summed E-state index contributed by atoms with van der Waals surface area (Å²) in [4.78, 5) is 0. The highest BCUT2D eigenvalue weighted by atomic mass is 16.7. The largest absolute Gasteiger partial charge is 0.368 e. The molecular weight excluding hydrogens is 252 g/mol. The van der Waals surface area contributed by atoms with E-state index < -0.39 is 6.29 Å². The summed E-state index contributed by atoms with van der Waals surface area (Å²) in [6, 6.07) is 10.0. The lowest BCUT2D eigenvalue weighted by molar-refractivity contribution is -0.161. The van der Waals surface area contributed by atoms with E-state index >= 15 is 0 Å². The maximum Gasteiger partial charge on any atom is 0.182 e. The molecule has 1 fully saturated rings. The van der Waals surface area contributed by atoms with Crippen molar-refractivity contribution in [3.8, 4) is 0 Å². The number of benzene rings is 1. The molecule has 108 valence electrons. The van der Waals surface area contributed by atoms with Gasteiger partial charge in [0.05, 0.1) is 12.2 Å². The van der Waals surface area contributed by atoms with E-state index in [1.54, 1.807) is 0 Å². The van der Waals surface area contributed by atoms with Crippen LogP contribution in [0.25, 0.3) is 0 Å². The van der Waals surface area contributed by atoms with Crippen LogP contribution in [0.15, 0.2) is 42.5 Å². The molecule has 1 aliphatic carbocycles. The molecule has 0 radical (unpaired) electrons. The quantitative estimate of drug-likeness (QED) is 0.861. The number of allylic oxidation sites excluding steroid dienone is 1. The predicted molar refractivity (Wildman–Crippen MR) is 77.0 cm³/mol. The van der Waals surface area contributed by atoms with Gasteiger partial charge in [-0.25, -0.2) is 0 Å². The Kier molecular flexibility index (Phi) is 3.92. The summed E-state index contributed by atoms with van der Waals surface area (Å²) in [7, 11) is 0. The number of hydrogen-bond acceptors (Lipinski definition) is 3. The Morgan fingerprint density at radius 3 is 2.85 bits per heavy atom. The van der Waals surface area contributed by atoms with E-state index in [-0.39, 0.29) is 11.7 Å². The molecule has 1 saturated heterocycles. The van der Waals surface area contributed by atoms with Crippen LogP contribution in [0.5, 0.6) is 0 Å². The Morgan fingerprint density at radius 1 is 1.35 bits per heavy atom. The highest BCUT2D eigenvalue weighted by molar-refractivity contribution is 5.14. The summed E-state index contributed by atoms with van der Waals surface area (Å²) in [6.07, 6.45) is 6.06. The molecule has 1 N–H and O–H groups in total. The molecule has 1 aliphatic heterocycles. The molecular formula is C17H22O3. The van der Waals surface area contributed by atoms with E-state index in [1.165, 1.54) is 0 Å². The monoisotopic (exact) mass is 274 g/mol. The summed E-state index contributed by atoms with van der Waals surface area (Å²) < 4.78 is 11.6. The topological polar surface area (TPSA) is 38.7 Å². The molecule has 3 nitrogen and oxygen atoms in total. The smallest absolute Gasteiger partial charge is 0.182 e. The molecule has 20 heavy (non-hydrogen) atoms. The van der Waals surface area contributed by atoms with Crippen molar-refractivity contribution in [2.24, 2.45) is 5.92 Å². The molecule has 2 aliphatic rings. The minimum absolute atomic E-state index is 0.242. The number of aliphatic hydroxyl groups is 1. The van der Waals surface area contributed by atoms with Crippen LogP contribution in [-0.4, -0.2) is 23.1 Å². The molecule has 1 heterocycles. The highest BCUT2D eigenvalue weighted by Gasteiger charge is 2.45. The zero-order valence-corrected chi connectivity index (χ0v) is 11.9. The lowest BCUT2D eigenvalue weighted by Gasteiger charge is -2.29. The minimum atomic E-state index is -0.822. The lowest BCUT2D eigenvalue weighted by Crippen LogP contribution is -2.29. The van der Waals surface area contributed by atoms with Crippen LogP contribution in [-0.2, 0) is 16.1 Å². The first-order valence-corrected chi connectivity index (χ1v) is 7.38. The molecule has 1 spiro atoms. The van der Waals surface area contributed by atoms with Gasteiger partial charge < -0.3 is 14.6 Å². The zero-order valence-electron chi connectivity index (χ0n) is 11.9. The number of aliphatic hydroxyl groups excluding tert-OH is 1. The molecule has 1 aromatic carbocycles. The Labute approximate surface area is 120 Å². The van der Waals surface area contributed by atoms with Crippen molar-refractivity contribution in [1.29, 1.82) is 0 Å². The molecule has 0 amide bonds. The average Bonchev–Trinajstić information content (AvgIpc) is 2.78. The van der Waals surface area contributed by atoms with Gasteiger partial charge in [-0.15, -0.1) is 0 Å². The van der Waals surface area contributed by atoms with E-state index in [0.29, 0.717) is 12.5 Å². The van der Waals surface area contributed by atoms with Crippen molar-refractivity contribution in [2.45, 2.75) is 50.8 Å². The first kappa shape index (κ1) is 13.8. The van der Waals surface area contributed by atoms with Crippen molar-refractivity contribution < 1.29 is 14.6 Å². The second kappa shape index (κ2) is 5.68. The normalized spacial score (nSPS) is 36.6. The average molecular weight is 274 g/mol. The summed E-state index contributed by atoms with van der Waals surface area (Å²) in [5.74, 6) is 0.602. The third-order valence-corrected chi connectivity index (χ3v) is 4.28. The van der Waals surface area contributed by atoms with Crippen LogP contribution in [0.2, 0.25) is 0 Å². The van der Waals surface area contributed by atoms with Crippen LogP contribution in [0, 0.1) is 5.92 Å². The van der Waals surface area contributed by atoms with Crippen LogP contribution in [0.1, 0.15) is 31.7 Å². The molecule has 0 aromatic heterocycles. The van der Waals surface area contributed by atoms with E-state index in [1.807, 2.05) is 30.3 Å². The Bertz CT molecular complexity index is 470. The van der Waals surface area contributed by atoms with Gasteiger partial charge in [-0.3, -0.25) is 0 Å². The fourth-order valence-electron chi connectivity index (χ4n) is 2.98. The summed E-state index contributed by atoms with van der Waals surface area (Å²) >= 11 is 0. The second-order valence-corrected chi connectivity index (χ2v) is 5.99. The van der Waals surface area contributed by atoms with Gasteiger partial charge in [0.25, 0.3) is 0 Å². The van der Waals surface area contributed by atoms with Gasteiger partial charge in [-0.05, 0) is 24.3 Å². The number of ether oxygens (including phenoxy) is 2. The number of rotatable bonds is 3. The van der Waals surface area contributed by atoms with Gasteiger partial charge in [-0.2, -0.15) is 0 Å². The SMILES string of the molecule is C[C@@H]1C=C[C@]2(CC1)C[C@@H](OCc1ccccc1)C(O)O2. The predicted octanol–water partition coefficient (Wildman–Crippen LogP) is 3.04. The standard InChI is InChI=1S/C17H22O3/c1-13-7-9-17(10-8-13)11-15(16(18)20-17)19-12-14-5-3-2-4-6-14/h2-7,9,13,15-16,18H,8,10-12H2,1H3/t13-,15-,16?,17+/m1/s1. The second-order valence-electron chi connectivity index (χ2n) is 5.99. The maximum absolute atomic E-state index is 10.1. The molecule has 1 unspecified atom stereocenters. The van der Waals surface area contributed by atoms with E-state index in [9.17, 15) is 5.11 Å². The molecule has 0 saturated carbocycles. The van der Waals surface area contributed by atoms with Crippen molar-refractivity contribution in [2.75, 3.05) is 0 Å². The van der Waals surface area contributed by atoms with Crippen molar-refractivity contribution >= 4 is 0 Å². The Hall–Kier alpha value is -1.16. The Morgan fingerprint density at radius 2 is 2.15 bits per heavy atom. The maximum atomic E-state index is 10.1. The van der Waals surface area contributed by atoms with E-state index in [2.05, 4.69) is 19.1 Å². The van der Waals surface area contributed by atoms with Gasteiger partial charge in [0.1, 0.15) is 6.10 Å². The fraction of sp³-hybridized carbons (Fsp3) is 0.529. The Balaban J connectivity index is 1.60. The van der Waals surface area contributed by atoms with Crippen LogP contribution in [0.3, 0.4) is 0 Å². The molecule has 1 aromatic rings. The van der Waals surface area contributed by atoms with Gasteiger partial charge >= 0.3 is 0 Å².